The van der Waals surface area contributed by atoms with E-state index in [1.807, 2.05) is 66.7 Å². The first kappa shape index (κ1) is 18.6. The summed E-state index contributed by atoms with van der Waals surface area (Å²) in [7, 11) is 0. The molecule has 0 radical (unpaired) electrons. The second kappa shape index (κ2) is 6.61. The zero-order valence-electron chi connectivity index (χ0n) is 18.5. The Morgan fingerprint density at radius 2 is 1.14 bits per heavy atom. The number of benzene rings is 5. The summed E-state index contributed by atoms with van der Waals surface area (Å²) in [5.74, 6) is 0. The Labute approximate surface area is 198 Å². The Bertz CT molecular complexity index is 2190. The smallest absolute Gasteiger partial charge is 0.344 e. The standard InChI is InChI=1S/C31H17NO3/c33-31-30-21(19-7-2-6-12-27(19)35-31)14-15-25-29(30)22-9-1-4-10-24(22)32(25)18-13-16-28-23(17-18)20-8-3-5-11-26(20)34-28/h1-17H. The van der Waals surface area contributed by atoms with Gasteiger partial charge in [0.2, 0.25) is 0 Å². The van der Waals surface area contributed by atoms with Gasteiger partial charge in [-0.05, 0) is 42.5 Å². The molecule has 0 unspecified atom stereocenters. The van der Waals surface area contributed by atoms with Crippen molar-refractivity contribution in [3.05, 3.63) is 114 Å². The van der Waals surface area contributed by atoms with Crippen LogP contribution in [0.15, 0.2) is 117 Å². The van der Waals surface area contributed by atoms with Crippen LogP contribution in [0.2, 0.25) is 0 Å². The Kier molecular flexibility index (Phi) is 3.51. The number of rotatable bonds is 1. The van der Waals surface area contributed by atoms with Gasteiger partial charge in [-0.3, -0.25) is 0 Å². The highest BCUT2D eigenvalue weighted by Gasteiger charge is 2.19. The molecule has 3 aromatic heterocycles. The Morgan fingerprint density at radius 1 is 0.486 bits per heavy atom. The lowest BCUT2D eigenvalue weighted by Crippen LogP contribution is -2.01. The summed E-state index contributed by atoms with van der Waals surface area (Å²) >= 11 is 0. The van der Waals surface area contributed by atoms with Crippen molar-refractivity contribution in [1.29, 1.82) is 0 Å². The van der Waals surface area contributed by atoms with E-state index in [9.17, 15) is 4.79 Å². The second-order valence-corrected chi connectivity index (χ2v) is 8.90. The molecule has 35 heavy (non-hydrogen) atoms. The third-order valence-corrected chi connectivity index (χ3v) is 7.04. The van der Waals surface area contributed by atoms with Crippen LogP contribution in [0.25, 0.3) is 71.2 Å². The molecule has 0 saturated carbocycles. The number of fused-ring (bicyclic) bond motifs is 10. The predicted molar refractivity (Wildman–Crippen MR) is 142 cm³/mol. The molecule has 4 heteroatoms. The van der Waals surface area contributed by atoms with Crippen molar-refractivity contribution >= 4 is 65.5 Å². The minimum Gasteiger partial charge on any atom is -0.456 e. The van der Waals surface area contributed by atoms with Gasteiger partial charge in [0.15, 0.2) is 0 Å². The molecule has 0 N–H and O–H groups in total. The molecule has 3 heterocycles. The normalized spacial score (nSPS) is 12.1. The summed E-state index contributed by atoms with van der Waals surface area (Å²) < 4.78 is 14.0. The summed E-state index contributed by atoms with van der Waals surface area (Å²) in [6.07, 6.45) is 0. The lowest BCUT2D eigenvalue weighted by molar-refractivity contribution is 0.570. The number of furan rings is 1. The lowest BCUT2D eigenvalue weighted by Gasteiger charge is -2.09. The molecule has 0 bridgehead atoms. The molecule has 0 atom stereocenters. The number of aromatic nitrogens is 1. The largest absolute Gasteiger partial charge is 0.456 e. The Balaban J connectivity index is 1.55. The van der Waals surface area contributed by atoms with Gasteiger partial charge in [-0.1, -0.05) is 60.7 Å². The zero-order valence-corrected chi connectivity index (χ0v) is 18.5. The van der Waals surface area contributed by atoms with Gasteiger partial charge in [0, 0.05) is 38.0 Å². The topological polar surface area (TPSA) is 48.3 Å². The summed E-state index contributed by atoms with van der Waals surface area (Å²) in [5.41, 5.74) is 5.03. The van der Waals surface area contributed by atoms with Crippen LogP contribution in [0.3, 0.4) is 0 Å². The molecule has 5 aromatic carbocycles. The zero-order chi connectivity index (χ0) is 23.1. The van der Waals surface area contributed by atoms with Crippen molar-refractivity contribution in [3.8, 4) is 5.69 Å². The van der Waals surface area contributed by atoms with E-state index in [-0.39, 0.29) is 5.63 Å². The first-order valence-electron chi connectivity index (χ1n) is 11.6. The lowest BCUT2D eigenvalue weighted by atomic mass is 10.0. The molecule has 0 fully saturated rings. The van der Waals surface area contributed by atoms with E-state index in [0.717, 1.165) is 60.2 Å². The van der Waals surface area contributed by atoms with Crippen molar-refractivity contribution in [2.75, 3.05) is 0 Å². The Hall–Kier alpha value is -4.83. The highest BCUT2D eigenvalue weighted by Crippen LogP contribution is 2.38. The van der Waals surface area contributed by atoms with Crippen LogP contribution in [-0.2, 0) is 0 Å². The van der Waals surface area contributed by atoms with Crippen molar-refractivity contribution in [1.82, 2.24) is 4.57 Å². The van der Waals surface area contributed by atoms with E-state index in [2.05, 4.69) is 41.0 Å². The fourth-order valence-corrected chi connectivity index (χ4v) is 5.56. The van der Waals surface area contributed by atoms with E-state index >= 15 is 0 Å². The molecule has 164 valence electrons. The van der Waals surface area contributed by atoms with Gasteiger partial charge in [-0.15, -0.1) is 0 Å². The first-order chi connectivity index (χ1) is 17.3. The first-order valence-corrected chi connectivity index (χ1v) is 11.6. The van der Waals surface area contributed by atoms with Gasteiger partial charge in [-0.2, -0.15) is 0 Å². The summed E-state index contributed by atoms with van der Waals surface area (Å²) in [6, 6.07) is 34.4. The van der Waals surface area contributed by atoms with Crippen LogP contribution in [0.1, 0.15) is 0 Å². The van der Waals surface area contributed by atoms with Crippen molar-refractivity contribution in [2.24, 2.45) is 0 Å². The number of nitrogens with zero attached hydrogens (tertiary/aromatic N) is 1. The molecule has 0 amide bonds. The summed E-state index contributed by atoms with van der Waals surface area (Å²) in [6.45, 7) is 0. The van der Waals surface area contributed by atoms with Crippen LogP contribution in [-0.4, -0.2) is 4.57 Å². The van der Waals surface area contributed by atoms with Gasteiger partial charge in [0.25, 0.3) is 0 Å². The SMILES string of the molecule is O=c1oc2ccccc2c2ccc3c(c4ccccc4n3-c3ccc4oc5ccccc5c4c3)c12. The van der Waals surface area contributed by atoms with Gasteiger partial charge in [-0.25, -0.2) is 4.79 Å². The van der Waals surface area contributed by atoms with Gasteiger partial charge < -0.3 is 13.4 Å². The van der Waals surface area contributed by atoms with Gasteiger partial charge in [0.1, 0.15) is 16.7 Å². The summed E-state index contributed by atoms with van der Waals surface area (Å²) in [5, 5.41) is 6.54. The number of hydrogen-bond acceptors (Lipinski definition) is 3. The molecule has 4 nitrogen and oxygen atoms in total. The van der Waals surface area contributed by atoms with Crippen molar-refractivity contribution in [3.63, 3.8) is 0 Å². The molecule has 0 aliphatic carbocycles. The molecule has 0 aliphatic heterocycles. The highest BCUT2D eigenvalue weighted by molar-refractivity contribution is 6.24. The Morgan fingerprint density at radius 3 is 1.97 bits per heavy atom. The van der Waals surface area contributed by atoms with Crippen LogP contribution in [0.4, 0.5) is 0 Å². The van der Waals surface area contributed by atoms with Crippen LogP contribution in [0.5, 0.6) is 0 Å². The monoisotopic (exact) mass is 451 g/mol. The van der Waals surface area contributed by atoms with Gasteiger partial charge >= 0.3 is 5.63 Å². The van der Waals surface area contributed by atoms with E-state index in [4.69, 9.17) is 8.83 Å². The highest BCUT2D eigenvalue weighted by atomic mass is 16.4. The minimum absolute atomic E-state index is 0.316. The maximum absolute atomic E-state index is 13.3. The number of para-hydroxylation sites is 3. The van der Waals surface area contributed by atoms with Gasteiger partial charge in [0.05, 0.1) is 16.4 Å². The molecule has 0 spiro atoms. The third kappa shape index (κ3) is 2.43. The molecule has 0 aliphatic rings. The molecule has 0 saturated heterocycles. The van der Waals surface area contributed by atoms with Crippen LogP contribution in [0, 0.1) is 0 Å². The fourth-order valence-electron chi connectivity index (χ4n) is 5.56. The van der Waals surface area contributed by atoms with Crippen molar-refractivity contribution < 1.29 is 8.83 Å². The quantitative estimate of drug-likeness (QED) is 0.188. The summed E-state index contributed by atoms with van der Waals surface area (Å²) in [4.78, 5) is 13.3. The molecule has 8 aromatic rings. The fraction of sp³-hybridized carbons (Fsp3) is 0. The third-order valence-electron chi connectivity index (χ3n) is 7.04. The average molecular weight is 451 g/mol. The molecular formula is C31H17NO3. The maximum Gasteiger partial charge on any atom is 0.344 e. The van der Waals surface area contributed by atoms with E-state index < -0.39 is 0 Å². The van der Waals surface area contributed by atoms with E-state index in [1.165, 1.54) is 0 Å². The number of hydrogen-bond donors (Lipinski definition) is 0. The van der Waals surface area contributed by atoms with E-state index in [1.54, 1.807) is 0 Å². The molecule has 8 rings (SSSR count). The maximum atomic E-state index is 13.3. The van der Waals surface area contributed by atoms with Crippen LogP contribution >= 0.6 is 0 Å². The van der Waals surface area contributed by atoms with Crippen LogP contribution < -0.4 is 5.63 Å². The average Bonchev–Trinajstić information content (AvgIpc) is 3.44. The minimum atomic E-state index is -0.316. The molecular weight excluding hydrogens is 434 g/mol. The predicted octanol–water partition coefficient (Wildman–Crippen LogP) is 7.94. The van der Waals surface area contributed by atoms with Crippen molar-refractivity contribution in [2.45, 2.75) is 0 Å². The second-order valence-electron chi connectivity index (χ2n) is 8.90. The van der Waals surface area contributed by atoms with E-state index in [0.29, 0.717) is 11.0 Å².